The summed E-state index contributed by atoms with van der Waals surface area (Å²) < 4.78 is 0. The van der Waals surface area contributed by atoms with Gasteiger partial charge in [-0.3, -0.25) is 19.2 Å². The van der Waals surface area contributed by atoms with Crippen molar-refractivity contribution in [3.63, 3.8) is 0 Å². The number of fused-ring (bicyclic) bond motifs is 2. The van der Waals surface area contributed by atoms with E-state index in [9.17, 15) is 24.0 Å². The van der Waals surface area contributed by atoms with Crippen LogP contribution in [0.25, 0.3) is 0 Å². The highest BCUT2D eigenvalue weighted by atomic mass is 16.2. The zero-order valence-corrected chi connectivity index (χ0v) is 22.7. The quantitative estimate of drug-likeness (QED) is 0.266. The van der Waals surface area contributed by atoms with Crippen LogP contribution in [0.3, 0.4) is 0 Å². The minimum absolute atomic E-state index is 0.00509. The van der Waals surface area contributed by atoms with Crippen LogP contribution in [-0.2, 0) is 0 Å². The number of hydrogen-bond acceptors (Lipinski definition) is 5. The number of benzene rings is 4. The molecule has 2 aliphatic heterocycles. The van der Waals surface area contributed by atoms with E-state index in [1.54, 1.807) is 36.4 Å². The second-order valence-electron chi connectivity index (χ2n) is 9.74. The molecule has 6 amide bonds. The normalized spacial score (nSPS) is 13.1. The number of amides is 6. The predicted octanol–water partition coefficient (Wildman–Crippen LogP) is 4.88. The summed E-state index contributed by atoms with van der Waals surface area (Å²) in [6.07, 6.45) is 16.4. The van der Waals surface area contributed by atoms with Crippen LogP contribution in [0.2, 0.25) is 0 Å². The van der Waals surface area contributed by atoms with E-state index >= 15 is 0 Å². The summed E-state index contributed by atoms with van der Waals surface area (Å²) >= 11 is 0. The van der Waals surface area contributed by atoms with Crippen LogP contribution >= 0.6 is 0 Å². The number of urea groups is 1. The molecule has 208 valence electrons. The summed E-state index contributed by atoms with van der Waals surface area (Å²) in [6, 6.07) is 18.8. The number of hydrogen-bond donors (Lipinski definition) is 2. The van der Waals surface area contributed by atoms with Crippen LogP contribution in [0.4, 0.5) is 27.5 Å². The first-order valence-corrected chi connectivity index (χ1v) is 13.0. The molecule has 6 rings (SSSR count). The molecule has 0 fully saturated rings. The summed E-state index contributed by atoms with van der Waals surface area (Å²) in [5, 5.41) is 5.30. The smallest absolute Gasteiger partial charge is 0.308 e. The van der Waals surface area contributed by atoms with Crippen molar-refractivity contribution in [3.05, 3.63) is 118 Å². The van der Waals surface area contributed by atoms with Gasteiger partial charge >= 0.3 is 6.03 Å². The molecule has 9 nitrogen and oxygen atoms in total. The highest BCUT2D eigenvalue weighted by Gasteiger charge is 2.40. The average molecular weight is 575 g/mol. The first-order valence-electron chi connectivity index (χ1n) is 13.0. The minimum atomic E-state index is -0.677. The van der Waals surface area contributed by atoms with Crippen molar-refractivity contribution in [2.75, 3.05) is 20.4 Å². The summed E-state index contributed by atoms with van der Waals surface area (Å²) in [6.45, 7) is 0. The number of nitrogens with zero attached hydrogens (tertiary/aromatic N) is 2. The van der Waals surface area contributed by atoms with E-state index in [1.165, 1.54) is 42.5 Å². The van der Waals surface area contributed by atoms with Crippen molar-refractivity contribution < 1.29 is 24.0 Å². The Bertz CT molecular complexity index is 2000. The summed E-state index contributed by atoms with van der Waals surface area (Å²) in [7, 11) is 0. The van der Waals surface area contributed by atoms with Gasteiger partial charge in [-0.1, -0.05) is 17.8 Å². The van der Waals surface area contributed by atoms with E-state index in [1.807, 2.05) is 0 Å². The number of rotatable bonds is 4. The van der Waals surface area contributed by atoms with Gasteiger partial charge in [-0.15, -0.1) is 19.3 Å². The van der Waals surface area contributed by atoms with E-state index in [-0.39, 0.29) is 39.3 Å². The highest BCUT2D eigenvalue weighted by Crippen LogP contribution is 2.37. The summed E-state index contributed by atoms with van der Waals surface area (Å²) in [4.78, 5) is 68.5. The third-order valence-electron chi connectivity index (χ3n) is 7.09. The van der Waals surface area contributed by atoms with Gasteiger partial charge in [-0.05, 0) is 78.9 Å². The van der Waals surface area contributed by atoms with Crippen molar-refractivity contribution in [2.24, 2.45) is 0 Å². The van der Waals surface area contributed by atoms with Crippen molar-refractivity contribution in [3.8, 4) is 37.0 Å². The molecule has 4 aromatic carbocycles. The molecule has 9 heteroatoms. The lowest BCUT2D eigenvalue weighted by Crippen LogP contribution is -2.32. The van der Waals surface area contributed by atoms with Gasteiger partial charge in [-0.2, -0.15) is 0 Å². The van der Waals surface area contributed by atoms with E-state index in [0.717, 1.165) is 9.80 Å². The van der Waals surface area contributed by atoms with Crippen LogP contribution in [0, 0.1) is 37.0 Å². The van der Waals surface area contributed by atoms with Gasteiger partial charge < -0.3 is 10.6 Å². The molecule has 0 aromatic heterocycles. The molecule has 4 aromatic rings. The standard InChI is InChI=1S/C35H18N4O5/c1-4-20-7-11-23(12-8-20)36-35(44)37-24-17-25(38-31(40)27-13-9-21(5-2)15-29(27)33(38)42)19-26(18-24)39-32(41)28-14-10-22(6-3)16-30(28)34(39)43/h1-3,7-19H,(H2,36,37,44). The van der Waals surface area contributed by atoms with Crippen molar-refractivity contribution in [1.29, 1.82) is 0 Å². The average Bonchev–Trinajstić information content (AvgIpc) is 3.43. The fourth-order valence-corrected chi connectivity index (χ4v) is 5.00. The number of carbonyl (C=O) groups excluding carboxylic acids is 5. The van der Waals surface area contributed by atoms with Crippen LogP contribution in [0.5, 0.6) is 0 Å². The Kier molecular flexibility index (Phi) is 6.51. The number of anilines is 4. The molecule has 2 heterocycles. The predicted molar refractivity (Wildman–Crippen MR) is 164 cm³/mol. The summed E-state index contributed by atoms with van der Waals surface area (Å²) in [5.74, 6) is 4.75. The molecule has 2 aliphatic rings. The molecular formula is C35H18N4O5. The van der Waals surface area contributed by atoms with E-state index in [2.05, 4.69) is 28.4 Å². The Hall–Kier alpha value is -6.89. The van der Waals surface area contributed by atoms with Crippen LogP contribution in [-0.4, -0.2) is 29.7 Å². The molecular weight excluding hydrogens is 556 g/mol. The lowest BCUT2D eigenvalue weighted by Gasteiger charge is -2.21. The largest absolute Gasteiger partial charge is 0.323 e. The molecule has 0 aliphatic carbocycles. The SMILES string of the molecule is C#Cc1ccc(NC(=O)Nc2cc(N3C(=O)c4ccc(C#C)cc4C3=O)cc(N3C(=O)c4ccc(C#C)cc4C3=O)c2)cc1. The van der Waals surface area contributed by atoms with Gasteiger partial charge in [-0.25, -0.2) is 14.6 Å². The Morgan fingerprint density at radius 2 is 0.909 bits per heavy atom. The minimum Gasteiger partial charge on any atom is -0.308 e. The van der Waals surface area contributed by atoms with E-state index in [0.29, 0.717) is 22.4 Å². The fraction of sp³-hybridized carbons (Fsp3) is 0. The number of imide groups is 2. The molecule has 0 radical (unpaired) electrons. The molecule has 0 spiro atoms. The van der Waals surface area contributed by atoms with Gasteiger partial charge in [0.2, 0.25) is 0 Å². The molecule has 0 saturated heterocycles. The summed E-state index contributed by atoms with van der Waals surface area (Å²) in [5.41, 5.74) is 2.43. The van der Waals surface area contributed by atoms with Crippen LogP contribution in [0.1, 0.15) is 58.1 Å². The third-order valence-corrected chi connectivity index (χ3v) is 7.09. The van der Waals surface area contributed by atoms with Crippen molar-refractivity contribution in [2.45, 2.75) is 0 Å². The van der Waals surface area contributed by atoms with Crippen molar-refractivity contribution in [1.82, 2.24) is 0 Å². The maximum absolute atomic E-state index is 13.5. The Morgan fingerprint density at radius 1 is 0.500 bits per heavy atom. The third kappa shape index (κ3) is 4.52. The van der Waals surface area contributed by atoms with Gasteiger partial charge in [0, 0.05) is 28.1 Å². The monoisotopic (exact) mass is 574 g/mol. The Balaban J connectivity index is 1.41. The second kappa shape index (κ2) is 10.5. The lowest BCUT2D eigenvalue weighted by molar-refractivity contribution is 0.0912. The molecule has 0 unspecified atom stereocenters. The number of terminal acetylenes is 3. The van der Waals surface area contributed by atoms with Crippen molar-refractivity contribution >= 4 is 52.4 Å². The van der Waals surface area contributed by atoms with Crippen LogP contribution in [0.15, 0.2) is 78.9 Å². The maximum atomic E-state index is 13.5. The molecule has 0 bridgehead atoms. The molecule has 2 N–H and O–H groups in total. The number of nitrogens with one attached hydrogen (secondary N) is 2. The molecule has 0 saturated carbocycles. The Morgan fingerprint density at radius 3 is 1.36 bits per heavy atom. The zero-order valence-electron chi connectivity index (χ0n) is 22.7. The maximum Gasteiger partial charge on any atom is 0.323 e. The topological polar surface area (TPSA) is 116 Å². The van der Waals surface area contributed by atoms with Gasteiger partial charge in [0.1, 0.15) is 0 Å². The fourth-order valence-electron chi connectivity index (χ4n) is 5.00. The van der Waals surface area contributed by atoms with E-state index in [4.69, 9.17) is 19.3 Å². The Labute approximate surface area is 251 Å². The highest BCUT2D eigenvalue weighted by molar-refractivity contribution is 6.36. The second-order valence-corrected chi connectivity index (χ2v) is 9.74. The van der Waals surface area contributed by atoms with Crippen LogP contribution < -0.4 is 20.4 Å². The van der Waals surface area contributed by atoms with Gasteiger partial charge in [0.05, 0.1) is 33.6 Å². The van der Waals surface area contributed by atoms with Gasteiger partial charge in [0.15, 0.2) is 0 Å². The molecule has 0 atom stereocenters. The van der Waals surface area contributed by atoms with Gasteiger partial charge in [0.25, 0.3) is 23.6 Å². The first-order chi connectivity index (χ1) is 21.2. The van der Waals surface area contributed by atoms with E-state index < -0.39 is 29.7 Å². The number of carbonyl (C=O) groups is 5. The zero-order chi connectivity index (χ0) is 31.1. The molecule has 44 heavy (non-hydrogen) atoms. The lowest BCUT2D eigenvalue weighted by atomic mass is 10.1. The first kappa shape index (κ1) is 27.3.